The third-order valence-corrected chi connectivity index (χ3v) is 5.06. The smallest absolute Gasteiger partial charge is 0.0902 e. The van der Waals surface area contributed by atoms with Crippen molar-refractivity contribution in [3.8, 4) is 0 Å². The van der Waals surface area contributed by atoms with E-state index in [1.54, 1.807) is 0 Å². The molecule has 0 N–H and O–H groups in total. The van der Waals surface area contributed by atoms with Gasteiger partial charge >= 0.3 is 0 Å². The van der Waals surface area contributed by atoms with Crippen molar-refractivity contribution in [3.05, 3.63) is 83.2 Å². The van der Waals surface area contributed by atoms with Gasteiger partial charge in [-0.2, -0.15) is 0 Å². The predicted octanol–water partition coefficient (Wildman–Crippen LogP) is 5.20. The van der Waals surface area contributed by atoms with E-state index in [1.165, 1.54) is 11.1 Å². The number of hydrogen-bond donors (Lipinski definition) is 0. The van der Waals surface area contributed by atoms with Gasteiger partial charge in [-0.25, -0.2) is 0 Å². The van der Waals surface area contributed by atoms with Crippen LogP contribution in [-0.2, 0) is 0 Å². The second kappa shape index (κ2) is 6.35. The van der Waals surface area contributed by atoms with Gasteiger partial charge in [0.2, 0.25) is 0 Å². The van der Waals surface area contributed by atoms with E-state index < -0.39 is 8.07 Å². The van der Waals surface area contributed by atoms with E-state index >= 15 is 0 Å². The minimum Gasteiger partial charge on any atom is -0.0902 e. The van der Waals surface area contributed by atoms with Gasteiger partial charge in [0, 0.05) is 0 Å². The van der Waals surface area contributed by atoms with Gasteiger partial charge in [0.25, 0.3) is 0 Å². The molecular formula is C18H20Si. The van der Waals surface area contributed by atoms with Crippen LogP contribution in [-0.4, -0.2) is 8.07 Å². The molecule has 0 atom stereocenters. The molecule has 96 valence electrons. The van der Waals surface area contributed by atoms with Crippen LogP contribution >= 0.6 is 0 Å². The summed E-state index contributed by atoms with van der Waals surface area (Å²) in [6.45, 7) is 4.71. The van der Waals surface area contributed by atoms with Crippen LogP contribution in [0.1, 0.15) is 11.1 Å². The molecule has 0 aliphatic rings. The molecule has 0 aliphatic carbocycles. The first-order valence-electron chi connectivity index (χ1n) is 6.64. The molecule has 0 unspecified atom stereocenters. The number of benzene rings is 2. The van der Waals surface area contributed by atoms with E-state index in [4.69, 9.17) is 0 Å². The van der Waals surface area contributed by atoms with Crippen molar-refractivity contribution >= 4 is 20.2 Å². The molecule has 0 bridgehead atoms. The molecule has 0 spiro atoms. The second-order valence-electron chi connectivity index (χ2n) is 5.31. The number of hydrogen-bond acceptors (Lipinski definition) is 0. The summed E-state index contributed by atoms with van der Waals surface area (Å²) in [5.41, 5.74) is 7.30. The molecule has 0 aliphatic heterocycles. The lowest BCUT2D eigenvalue weighted by Gasteiger charge is -2.11. The summed E-state index contributed by atoms with van der Waals surface area (Å²) < 4.78 is 0. The van der Waals surface area contributed by atoms with E-state index in [0.717, 1.165) is 0 Å². The highest BCUT2D eigenvalue weighted by Crippen LogP contribution is 2.12. The lowest BCUT2D eigenvalue weighted by Crippen LogP contribution is -2.18. The molecule has 2 rings (SSSR count). The topological polar surface area (TPSA) is 0 Å². The molecule has 2 aromatic carbocycles. The lowest BCUT2D eigenvalue weighted by molar-refractivity contribution is 1.65. The highest BCUT2D eigenvalue weighted by Gasteiger charge is 2.11. The van der Waals surface area contributed by atoms with Gasteiger partial charge in [0.15, 0.2) is 0 Å². The van der Waals surface area contributed by atoms with Gasteiger partial charge in [0.1, 0.15) is 0 Å². The Bertz CT molecular complexity index is 499. The average Bonchev–Trinajstić information content (AvgIpc) is 2.46. The van der Waals surface area contributed by atoms with Crippen molar-refractivity contribution in [1.29, 1.82) is 0 Å². The van der Waals surface area contributed by atoms with Crippen LogP contribution in [0.2, 0.25) is 13.1 Å². The Balaban J connectivity index is 2.06. The summed E-state index contributed by atoms with van der Waals surface area (Å²) in [6.07, 6.45) is 4.48. The van der Waals surface area contributed by atoms with Crippen LogP contribution in [0, 0.1) is 0 Å². The van der Waals surface area contributed by atoms with Gasteiger partial charge < -0.3 is 0 Å². The molecule has 0 nitrogen and oxygen atoms in total. The Hall–Kier alpha value is -1.86. The first kappa shape index (κ1) is 13.6. The van der Waals surface area contributed by atoms with Crippen LogP contribution < -0.4 is 0 Å². The third kappa shape index (κ3) is 4.72. The fraction of sp³-hybridized carbons (Fsp3) is 0.111. The van der Waals surface area contributed by atoms with Gasteiger partial charge in [0.05, 0.1) is 8.07 Å². The molecule has 1 heteroatoms. The maximum atomic E-state index is 2.38. The Morgan fingerprint density at radius 1 is 0.632 bits per heavy atom. The fourth-order valence-corrected chi connectivity index (χ4v) is 3.16. The van der Waals surface area contributed by atoms with E-state index in [9.17, 15) is 0 Å². The maximum Gasteiger partial charge on any atom is 0.0954 e. The zero-order valence-corrected chi connectivity index (χ0v) is 12.6. The Morgan fingerprint density at radius 2 is 1.00 bits per heavy atom. The molecule has 19 heavy (non-hydrogen) atoms. The van der Waals surface area contributed by atoms with Gasteiger partial charge in [-0.1, -0.05) is 97.3 Å². The minimum absolute atomic E-state index is 1.27. The van der Waals surface area contributed by atoms with E-state index in [0.29, 0.717) is 0 Å². The normalized spacial score (nSPS) is 12.3. The summed E-state index contributed by atoms with van der Waals surface area (Å²) in [7, 11) is -1.43. The standard InChI is InChI=1S/C18H20Si/c1-19(2,15-13-17-9-5-3-6-10-17)16-14-18-11-7-4-8-12-18/h3-16H,1-2H3/b15-13+,16-14+. The Kier molecular flexibility index (Phi) is 4.53. The van der Waals surface area contributed by atoms with Crippen molar-refractivity contribution < 1.29 is 0 Å². The van der Waals surface area contributed by atoms with Crippen LogP contribution in [0.25, 0.3) is 12.2 Å². The Morgan fingerprint density at radius 3 is 1.37 bits per heavy atom. The molecule has 2 aromatic rings. The maximum absolute atomic E-state index is 2.38. The van der Waals surface area contributed by atoms with Crippen molar-refractivity contribution in [3.63, 3.8) is 0 Å². The van der Waals surface area contributed by atoms with Crippen molar-refractivity contribution in [2.75, 3.05) is 0 Å². The van der Waals surface area contributed by atoms with E-state index in [1.807, 2.05) is 0 Å². The zero-order chi connectivity index (χ0) is 13.6. The molecular weight excluding hydrogens is 244 g/mol. The monoisotopic (exact) mass is 264 g/mol. The van der Waals surface area contributed by atoms with Gasteiger partial charge in [-0.15, -0.1) is 0 Å². The molecule has 0 saturated carbocycles. The summed E-state index contributed by atoms with van der Waals surface area (Å²) in [4.78, 5) is 0. The highest BCUT2D eigenvalue weighted by atomic mass is 28.3. The van der Waals surface area contributed by atoms with Crippen molar-refractivity contribution in [2.24, 2.45) is 0 Å². The number of rotatable bonds is 4. The second-order valence-corrected chi connectivity index (χ2v) is 9.62. The van der Waals surface area contributed by atoms with Crippen LogP contribution in [0.15, 0.2) is 72.1 Å². The fourth-order valence-electron chi connectivity index (χ4n) is 1.81. The summed E-state index contributed by atoms with van der Waals surface area (Å²) >= 11 is 0. The van der Waals surface area contributed by atoms with E-state index in [2.05, 4.69) is 97.3 Å². The minimum atomic E-state index is -1.43. The summed E-state index contributed by atoms with van der Waals surface area (Å²) in [6, 6.07) is 21.0. The molecule has 0 saturated heterocycles. The van der Waals surface area contributed by atoms with Crippen molar-refractivity contribution in [1.82, 2.24) is 0 Å². The van der Waals surface area contributed by atoms with Gasteiger partial charge in [-0.05, 0) is 11.1 Å². The first-order chi connectivity index (χ1) is 9.16. The molecule has 0 fully saturated rings. The SMILES string of the molecule is C[Si](C)(/C=C/c1ccccc1)/C=C/c1ccccc1. The first-order valence-corrected chi connectivity index (χ1v) is 9.80. The molecule has 0 radical (unpaired) electrons. The molecule has 0 aromatic heterocycles. The predicted molar refractivity (Wildman–Crippen MR) is 88.4 cm³/mol. The lowest BCUT2D eigenvalue weighted by atomic mass is 10.2. The van der Waals surface area contributed by atoms with Crippen LogP contribution in [0.3, 0.4) is 0 Å². The average molecular weight is 264 g/mol. The van der Waals surface area contributed by atoms with E-state index in [-0.39, 0.29) is 0 Å². The highest BCUT2D eigenvalue weighted by molar-refractivity contribution is 6.87. The molecule has 0 amide bonds. The van der Waals surface area contributed by atoms with Gasteiger partial charge in [-0.3, -0.25) is 0 Å². The largest absolute Gasteiger partial charge is 0.0954 e. The van der Waals surface area contributed by atoms with Crippen molar-refractivity contribution in [2.45, 2.75) is 13.1 Å². The van der Waals surface area contributed by atoms with Crippen LogP contribution in [0.5, 0.6) is 0 Å². The zero-order valence-electron chi connectivity index (χ0n) is 11.6. The Labute approximate surface area is 117 Å². The molecule has 0 heterocycles. The van der Waals surface area contributed by atoms with Crippen LogP contribution in [0.4, 0.5) is 0 Å². The quantitative estimate of drug-likeness (QED) is 0.666. The summed E-state index contributed by atoms with van der Waals surface area (Å²) in [5.74, 6) is 0. The summed E-state index contributed by atoms with van der Waals surface area (Å²) in [5, 5.41) is 0. The third-order valence-electron chi connectivity index (χ3n) is 3.01.